The Hall–Kier alpha value is -2.46. The molecule has 1 aliphatic heterocycles. The van der Waals surface area contributed by atoms with Crippen molar-refractivity contribution in [1.82, 2.24) is 15.6 Å². The number of carbonyl (C=O) groups excluding carboxylic acids is 2. The summed E-state index contributed by atoms with van der Waals surface area (Å²) in [6, 6.07) is 3.13. The Balaban J connectivity index is 2.15. The lowest BCUT2D eigenvalue weighted by Crippen LogP contribution is -2.72. The molecule has 1 aliphatic rings. The Kier molecular flexibility index (Phi) is 4.25. The molecule has 1 saturated heterocycles. The van der Waals surface area contributed by atoms with Crippen LogP contribution < -0.4 is 10.6 Å². The molecule has 3 N–H and O–H groups in total. The number of halogens is 3. The zero-order valence-electron chi connectivity index (χ0n) is 12.4. The minimum Gasteiger partial charge on any atom is -0.363 e. The van der Waals surface area contributed by atoms with Crippen LogP contribution in [0.4, 0.5) is 18.0 Å². The van der Waals surface area contributed by atoms with Crippen molar-refractivity contribution < 1.29 is 27.9 Å². The molecule has 10 heteroatoms. The molecule has 3 atom stereocenters. The van der Waals surface area contributed by atoms with Crippen LogP contribution in [0.5, 0.6) is 0 Å². The van der Waals surface area contributed by atoms with Gasteiger partial charge in [-0.15, -0.1) is 11.3 Å². The Morgan fingerprint density at radius 3 is 2.64 bits per heavy atom. The highest BCUT2D eigenvalue weighted by Crippen LogP contribution is 2.44. The van der Waals surface area contributed by atoms with E-state index in [1.165, 1.54) is 47.4 Å². The number of aliphatic hydroxyl groups is 1. The van der Waals surface area contributed by atoms with Gasteiger partial charge in [-0.25, -0.2) is 4.79 Å². The molecule has 6 nitrogen and oxygen atoms in total. The number of Topliss-reactive ketones (excluding diaryl/α,β-unsaturated/α-hetero) is 1. The van der Waals surface area contributed by atoms with E-state index < -0.39 is 35.7 Å². The molecule has 0 aromatic carbocycles. The second kappa shape index (κ2) is 6.12. The average Bonchev–Trinajstić information content (AvgIpc) is 3.08. The molecule has 0 unspecified atom stereocenters. The molecule has 2 amide bonds. The minimum absolute atomic E-state index is 0.0412. The number of pyridine rings is 1. The molecule has 2 aromatic heterocycles. The summed E-state index contributed by atoms with van der Waals surface area (Å²) in [5, 5.41) is 15.6. The van der Waals surface area contributed by atoms with Crippen LogP contribution in [0.25, 0.3) is 0 Å². The molecule has 0 aliphatic carbocycles. The number of thiophene rings is 1. The monoisotopic (exact) mass is 371 g/mol. The highest BCUT2D eigenvalue weighted by molar-refractivity contribution is 7.12. The molecule has 132 valence electrons. The van der Waals surface area contributed by atoms with Crippen LogP contribution in [0.1, 0.15) is 21.3 Å². The van der Waals surface area contributed by atoms with Gasteiger partial charge >= 0.3 is 12.2 Å². The zero-order valence-corrected chi connectivity index (χ0v) is 13.3. The summed E-state index contributed by atoms with van der Waals surface area (Å²) in [5.41, 5.74) is -3.54. The number of ketones is 1. The van der Waals surface area contributed by atoms with E-state index in [9.17, 15) is 27.9 Å². The van der Waals surface area contributed by atoms with Gasteiger partial charge in [-0.2, -0.15) is 13.2 Å². The van der Waals surface area contributed by atoms with Gasteiger partial charge in [0.15, 0.2) is 5.78 Å². The summed E-state index contributed by atoms with van der Waals surface area (Å²) >= 11 is 0.950. The fraction of sp³-hybridized carbons (Fsp3) is 0.267. The maximum absolute atomic E-state index is 13.6. The molecule has 0 radical (unpaired) electrons. The fourth-order valence-electron chi connectivity index (χ4n) is 2.75. The van der Waals surface area contributed by atoms with E-state index in [4.69, 9.17) is 0 Å². The number of carbonyl (C=O) groups is 2. The number of nitrogens with zero attached hydrogens (tertiary/aromatic N) is 1. The molecule has 0 saturated carbocycles. The Bertz CT molecular complexity index is 782. The van der Waals surface area contributed by atoms with Gasteiger partial charge in [-0.05, 0) is 23.1 Å². The van der Waals surface area contributed by atoms with Crippen LogP contribution in [0.15, 0.2) is 42.0 Å². The first kappa shape index (κ1) is 17.4. The highest BCUT2D eigenvalue weighted by atomic mass is 32.1. The standard InChI is InChI=1S/C15H12F3N3O3S/c16-15(17,18)14(24)10(12(22)9-4-2-6-25-9)11(20-13(23)21-14)8-3-1-5-19-7-8/h1-7,10-11,24H,(H2,20,21,23)/t10-,11+,14-/m1/s1. The van der Waals surface area contributed by atoms with E-state index in [-0.39, 0.29) is 10.4 Å². The van der Waals surface area contributed by atoms with Gasteiger partial charge in [0.1, 0.15) is 5.92 Å². The number of urea groups is 1. The topological polar surface area (TPSA) is 91.3 Å². The summed E-state index contributed by atoms with van der Waals surface area (Å²) < 4.78 is 40.7. The van der Waals surface area contributed by atoms with Crippen molar-refractivity contribution in [3.05, 3.63) is 52.5 Å². The number of nitrogens with one attached hydrogen (secondary N) is 2. The lowest BCUT2D eigenvalue weighted by atomic mass is 9.79. The summed E-state index contributed by atoms with van der Waals surface area (Å²) in [7, 11) is 0. The Morgan fingerprint density at radius 1 is 1.32 bits per heavy atom. The Labute approximate surface area is 143 Å². The second-order valence-electron chi connectivity index (χ2n) is 5.45. The molecule has 1 fully saturated rings. The average molecular weight is 371 g/mol. The summed E-state index contributed by atoms with van der Waals surface area (Å²) in [6.07, 6.45) is -2.62. The van der Waals surface area contributed by atoms with Crippen molar-refractivity contribution in [2.75, 3.05) is 0 Å². The van der Waals surface area contributed by atoms with Gasteiger partial charge in [-0.3, -0.25) is 9.78 Å². The van der Waals surface area contributed by atoms with Crippen LogP contribution in [-0.4, -0.2) is 33.8 Å². The molecule has 3 heterocycles. The minimum atomic E-state index is -5.26. The van der Waals surface area contributed by atoms with Crippen LogP contribution in [-0.2, 0) is 0 Å². The lowest BCUT2D eigenvalue weighted by molar-refractivity contribution is -0.287. The first-order chi connectivity index (χ1) is 11.7. The largest absolute Gasteiger partial charge is 0.437 e. The molecule has 0 bridgehead atoms. The first-order valence-electron chi connectivity index (χ1n) is 7.09. The number of amides is 2. The highest BCUT2D eigenvalue weighted by Gasteiger charge is 2.66. The predicted octanol–water partition coefficient (Wildman–Crippen LogP) is 2.25. The van der Waals surface area contributed by atoms with Crippen molar-refractivity contribution in [3.8, 4) is 0 Å². The third kappa shape index (κ3) is 2.98. The van der Waals surface area contributed by atoms with Gasteiger partial charge < -0.3 is 15.7 Å². The van der Waals surface area contributed by atoms with Gasteiger partial charge in [0.05, 0.1) is 10.9 Å². The van der Waals surface area contributed by atoms with Crippen LogP contribution in [0.3, 0.4) is 0 Å². The smallest absolute Gasteiger partial charge is 0.363 e. The van der Waals surface area contributed by atoms with E-state index in [1.54, 1.807) is 0 Å². The molecular weight excluding hydrogens is 359 g/mol. The number of alkyl halides is 3. The van der Waals surface area contributed by atoms with Crippen molar-refractivity contribution in [1.29, 1.82) is 0 Å². The Morgan fingerprint density at radius 2 is 2.08 bits per heavy atom. The van der Waals surface area contributed by atoms with Gasteiger partial charge in [0.2, 0.25) is 5.72 Å². The van der Waals surface area contributed by atoms with E-state index in [2.05, 4.69) is 10.3 Å². The SMILES string of the molecule is O=C1N[C@@H](c2cccnc2)[C@H](C(=O)c2cccs2)[C@@](O)(C(F)(F)F)N1. The third-order valence-corrected chi connectivity index (χ3v) is 4.78. The zero-order chi connectivity index (χ0) is 18.2. The van der Waals surface area contributed by atoms with Gasteiger partial charge in [0.25, 0.3) is 0 Å². The second-order valence-corrected chi connectivity index (χ2v) is 6.39. The summed E-state index contributed by atoms with van der Waals surface area (Å²) in [5.74, 6) is -2.95. The number of hydrogen-bond donors (Lipinski definition) is 3. The van der Waals surface area contributed by atoms with Crippen molar-refractivity contribution in [2.24, 2.45) is 5.92 Å². The van der Waals surface area contributed by atoms with Gasteiger partial charge in [0, 0.05) is 12.4 Å². The quantitative estimate of drug-likeness (QED) is 0.722. The van der Waals surface area contributed by atoms with Crippen LogP contribution >= 0.6 is 11.3 Å². The molecule has 2 aromatic rings. The number of hydrogen-bond acceptors (Lipinski definition) is 5. The first-order valence-corrected chi connectivity index (χ1v) is 7.97. The lowest BCUT2D eigenvalue weighted by Gasteiger charge is -2.44. The third-order valence-electron chi connectivity index (χ3n) is 3.90. The van der Waals surface area contributed by atoms with E-state index in [1.807, 2.05) is 0 Å². The van der Waals surface area contributed by atoms with Gasteiger partial charge in [-0.1, -0.05) is 12.1 Å². The number of aromatic nitrogens is 1. The van der Waals surface area contributed by atoms with E-state index in [0.717, 1.165) is 11.3 Å². The normalized spacial score (nSPS) is 26.6. The molecular formula is C15H12F3N3O3S. The van der Waals surface area contributed by atoms with Crippen LogP contribution in [0.2, 0.25) is 0 Å². The van der Waals surface area contributed by atoms with Crippen molar-refractivity contribution >= 4 is 23.2 Å². The van der Waals surface area contributed by atoms with E-state index in [0.29, 0.717) is 0 Å². The molecule has 0 spiro atoms. The molecule has 25 heavy (non-hydrogen) atoms. The van der Waals surface area contributed by atoms with Crippen LogP contribution in [0, 0.1) is 5.92 Å². The number of rotatable bonds is 3. The maximum Gasteiger partial charge on any atom is 0.437 e. The molecule has 3 rings (SSSR count). The van der Waals surface area contributed by atoms with Crippen molar-refractivity contribution in [2.45, 2.75) is 17.9 Å². The maximum atomic E-state index is 13.6. The summed E-state index contributed by atoms with van der Waals surface area (Å²) in [4.78, 5) is 28.4. The van der Waals surface area contributed by atoms with E-state index >= 15 is 0 Å². The predicted molar refractivity (Wildman–Crippen MR) is 81.8 cm³/mol. The van der Waals surface area contributed by atoms with Crippen molar-refractivity contribution in [3.63, 3.8) is 0 Å². The summed E-state index contributed by atoms with van der Waals surface area (Å²) in [6.45, 7) is 0. The fourth-order valence-corrected chi connectivity index (χ4v) is 3.45.